The molecule has 0 aliphatic heterocycles. The number of nitro groups is 1. The highest BCUT2D eigenvalue weighted by Crippen LogP contribution is 2.22. The standard InChI is InChI=1S/C9H13N3O2/c13-12(14)6-5-9-7-3-1-2-4-8(7)10-11-9/h1-6H2,(H,10,11). The van der Waals surface area contributed by atoms with Crippen LogP contribution in [0.5, 0.6) is 0 Å². The summed E-state index contributed by atoms with van der Waals surface area (Å²) in [5.74, 6) is 0. The average Bonchev–Trinajstić information content (AvgIpc) is 2.58. The maximum absolute atomic E-state index is 10.2. The average molecular weight is 195 g/mol. The maximum Gasteiger partial charge on any atom is 0.209 e. The lowest BCUT2D eigenvalue weighted by Gasteiger charge is -2.10. The van der Waals surface area contributed by atoms with Gasteiger partial charge in [-0.1, -0.05) is 0 Å². The SMILES string of the molecule is O=[N+]([O-])CCc1n[nH]c2c1CCCC2. The van der Waals surface area contributed by atoms with Gasteiger partial charge >= 0.3 is 0 Å². The number of aryl methyl sites for hydroxylation is 1. The van der Waals surface area contributed by atoms with Crippen LogP contribution in [0.25, 0.3) is 0 Å². The molecule has 0 atom stereocenters. The van der Waals surface area contributed by atoms with Gasteiger partial charge in [-0.25, -0.2) is 0 Å². The van der Waals surface area contributed by atoms with Crippen molar-refractivity contribution in [2.24, 2.45) is 0 Å². The third kappa shape index (κ3) is 1.76. The zero-order chi connectivity index (χ0) is 9.97. The lowest BCUT2D eigenvalue weighted by molar-refractivity contribution is -0.479. The number of aromatic amines is 1. The summed E-state index contributed by atoms with van der Waals surface area (Å²) < 4.78 is 0. The van der Waals surface area contributed by atoms with E-state index in [4.69, 9.17) is 0 Å². The van der Waals surface area contributed by atoms with Crippen LogP contribution in [0.15, 0.2) is 0 Å². The van der Waals surface area contributed by atoms with E-state index >= 15 is 0 Å². The highest BCUT2D eigenvalue weighted by molar-refractivity contribution is 5.27. The van der Waals surface area contributed by atoms with Gasteiger partial charge in [-0.3, -0.25) is 15.2 Å². The van der Waals surface area contributed by atoms with Crippen LogP contribution in [0.1, 0.15) is 29.8 Å². The first-order valence-electron chi connectivity index (χ1n) is 4.94. The summed E-state index contributed by atoms with van der Waals surface area (Å²) in [4.78, 5) is 9.94. The number of fused-ring (bicyclic) bond motifs is 1. The van der Waals surface area contributed by atoms with Crippen molar-refractivity contribution in [1.29, 1.82) is 0 Å². The summed E-state index contributed by atoms with van der Waals surface area (Å²) >= 11 is 0. The second-order valence-corrected chi connectivity index (χ2v) is 3.64. The summed E-state index contributed by atoms with van der Waals surface area (Å²) in [6, 6.07) is 0. The van der Waals surface area contributed by atoms with Crippen LogP contribution >= 0.6 is 0 Å². The number of hydrogen-bond donors (Lipinski definition) is 1. The Morgan fingerprint density at radius 2 is 2.21 bits per heavy atom. The van der Waals surface area contributed by atoms with Crippen molar-refractivity contribution in [3.8, 4) is 0 Å². The number of aromatic nitrogens is 2. The molecule has 0 saturated carbocycles. The highest BCUT2D eigenvalue weighted by atomic mass is 16.6. The molecule has 0 unspecified atom stereocenters. The van der Waals surface area contributed by atoms with Gasteiger partial charge in [-0.05, 0) is 31.2 Å². The van der Waals surface area contributed by atoms with Crippen molar-refractivity contribution in [2.45, 2.75) is 32.1 Å². The van der Waals surface area contributed by atoms with Gasteiger partial charge in [0, 0.05) is 10.6 Å². The molecule has 1 aromatic rings. The number of nitrogens with zero attached hydrogens (tertiary/aromatic N) is 2. The molecule has 0 spiro atoms. The third-order valence-corrected chi connectivity index (χ3v) is 2.67. The van der Waals surface area contributed by atoms with Crippen LogP contribution < -0.4 is 0 Å². The molecule has 1 aromatic heterocycles. The molecule has 2 rings (SSSR count). The van der Waals surface area contributed by atoms with Gasteiger partial charge in [0.2, 0.25) is 6.54 Å². The highest BCUT2D eigenvalue weighted by Gasteiger charge is 2.17. The van der Waals surface area contributed by atoms with Gasteiger partial charge in [0.25, 0.3) is 0 Å². The molecule has 14 heavy (non-hydrogen) atoms. The molecular weight excluding hydrogens is 182 g/mol. The lowest BCUT2D eigenvalue weighted by Crippen LogP contribution is -2.08. The second kappa shape index (κ2) is 3.77. The Labute approximate surface area is 81.7 Å². The van der Waals surface area contributed by atoms with E-state index < -0.39 is 0 Å². The van der Waals surface area contributed by atoms with E-state index in [1.54, 1.807) is 0 Å². The van der Waals surface area contributed by atoms with Crippen molar-refractivity contribution in [3.05, 3.63) is 27.1 Å². The molecule has 1 aliphatic carbocycles. The minimum Gasteiger partial charge on any atom is -0.282 e. The largest absolute Gasteiger partial charge is 0.282 e. The predicted octanol–water partition coefficient (Wildman–Crippen LogP) is 1.11. The Hall–Kier alpha value is -1.39. The van der Waals surface area contributed by atoms with Crippen molar-refractivity contribution < 1.29 is 4.92 Å². The predicted molar refractivity (Wildman–Crippen MR) is 50.8 cm³/mol. The molecule has 5 nitrogen and oxygen atoms in total. The van der Waals surface area contributed by atoms with Crippen LogP contribution in [0, 0.1) is 10.1 Å². The third-order valence-electron chi connectivity index (χ3n) is 2.67. The molecule has 0 aromatic carbocycles. The smallest absolute Gasteiger partial charge is 0.209 e. The van der Waals surface area contributed by atoms with E-state index in [0.717, 1.165) is 18.5 Å². The Morgan fingerprint density at radius 1 is 1.43 bits per heavy atom. The fraction of sp³-hybridized carbons (Fsp3) is 0.667. The van der Waals surface area contributed by atoms with Crippen molar-refractivity contribution >= 4 is 0 Å². The molecule has 1 heterocycles. The van der Waals surface area contributed by atoms with Gasteiger partial charge in [0.05, 0.1) is 12.1 Å². The van der Waals surface area contributed by atoms with Gasteiger partial charge in [-0.15, -0.1) is 0 Å². The quantitative estimate of drug-likeness (QED) is 0.580. The van der Waals surface area contributed by atoms with Gasteiger partial charge in [-0.2, -0.15) is 5.10 Å². The number of rotatable bonds is 3. The van der Waals surface area contributed by atoms with Crippen LogP contribution in [-0.2, 0) is 19.3 Å². The number of hydrogen-bond acceptors (Lipinski definition) is 3. The number of H-pyrrole nitrogens is 1. The summed E-state index contributed by atoms with van der Waals surface area (Å²) in [6.07, 6.45) is 4.90. The molecule has 5 heteroatoms. The van der Waals surface area contributed by atoms with E-state index in [1.165, 1.54) is 24.1 Å². The van der Waals surface area contributed by atoms with Crippen LogP contribution in [0.2, 0.25) is 0 Å². The van der Waals surface area contributed by atoms with E-state index in [0.29, 0.717) is 6.42 Å². The lowest BCUT2D eigenvalue weighted by atomic mass is 9.95. The van der Waals surface area contributed by atoms with E-state index in [9.17, 15) is 10.1 Å². The molecule has 0 fully saturated rings. The van der Waals surface area contributed by atoms with Crippen LogP contribution in [-0.4, -0.2) is 21.7 Å². The van der Waals surface area contributed by atoms with Crippen molar-refractivity contribution in [1.82, 2.24) is 10.2 Å². The summed E-state index contributed by atoms with van der Waals surface area (Å²) in [6.45, 7) is -0.0166. The summed E-state index contributed by atoms with van der Waals surface area (Å²) in [7, 11) is 0. The fourth-order valence-corrected chi connectivity index (χ4v) is 1.95. The summed E-state index contributed by atoms with van der Waals surface area (Å²) in [5.41, 5.74) is 3.32. The Bertz CT molecular complexity index is 346. The molecule has 0 saturated heterocycles. The van der Waals surface area contributed by atoms with Gasteiger partial charge in [0.1, 0.15) is 0 Å². The molecule has 1 N–H and O–H groups in total. The molecule has 1 aliphatic rings. The van der Waals surface area contributed by atoms with Gasteiger partial charge in [0.15, 0.2) is 0 Å². The normalized spacial score (nSPS) is 15.1. The Morgan fingerprint density at radius 3 is 3.00 bits per heavy atom. The van der Waals surface area contributed by atoms with Crippen molar-refractivity contribution in [3.63, 3.8) is 0 Å². The summed E-state index contributed by atoms with van der Waals surface area (Å²) in [5, 5.41) is 17.3. The van der Waals surface area contributed by atoms with Gasteiger partial charge < -0.3 is 0 Å². The topological polar surface area (TPSA) is 71.8 Å². The molecule has 76 valence electrons. The maximum atomic E-state index is 10.2. The minimum absolute atomic E-state index is 0.0166. The van der Waals surface area contributed by atoms with E-state index in [1.807, 2.05) is 0 Å². The fourth-order valence-electron chi connectivity index (χ4n) is 1.95. The zero-order valence-electron chi connectivity index (χ0n) is 7.95. The number of nitrogens with one attached hydrogen (secondary N) is 1. The minimum atomic E-state index is -0.288. The molecular formula is C9H13N3O2. The van der Waals surface area contributed by atoms with Crippen LogP contribution in [0.3, 0.4) is 0 Å². The zero-order valence-corrected chi connectivity index (χ0v) is 7.95. The van der Waals surface area contributed by atoms with Crippen molar-refractivity contribution in [2.75, 3.05) is 6.54 Å². The Balaban J connectivity index is 2.10. The second-order valence-electron chi connectivity index (χ2n) is 3.64. The first-order valence-corrected chi connectivity index (χ1v) is 4.94. The Kier molecular flexibility index (Phi) is 2.47. The first-order chi connectivity index (χ1) is 6.77. The molecule has 0 amide bonds. The monoisotopic (exact) mass is 195 g/mol. The van der Waals surface area contributed by atoms with E-state index in [2.05, 4.69) is 10.2 Å². The first kappa shape index (κ1) is 9.18. The van der Waals surface area contributed by atoms with E-state index in [-0.39, 0.29) is 11.5 Å². The molecule has 0 radical (unpaired) electrons. The molecule has 0 bridgehead atoms. The van der Waals surface area contributed by atoms with Crippen LogP contribution in [0.4, 0.5) is 0 Å².